The minimum absolute atomic E-state index is 0.0573. The first-order valence-corrected chi connectivity index (χ1v) is 14.9. The Morgan fingerprint density at radius 1 is 1.13 bits per heavy atom. The van der Waals surface area contributed by atoms with Crippen molar-refractivity contribution >= 4 is 17.5 Å². The third kappa shape index (κ3) is 6.62. The molecule has 3 N–H and O–H groups in total. The first kappa shape index (κ1) is 29.1. The standard InChI is InChI=1S/C32H45ClN2O3/c1-3-23-9-6-10-25(21-23)30-28(12-7-13-29(30)33)32(37,18-4-5-20-38-2)26-11-8-19-35(22-26)31(36)24-14-16-27(34)17-15-24/h6-7,9-10,12-13,21,24,26-27,37H,3-5,8,11,14-20,22,34H2,1-2H3/t24-,26-,27-,32+/m1/s1. The van der Waals surface area contributed by atoms with E-state index in [1.54, 1.807) is 7.11 Å². The van der Waals surface area contributed by atoms with Crippen LogP contribution in [0.3, 0.4) is 0 Å². The number of unbranched alkanes of at least 4 members (excludes halogenated alkanes) is 1. The predicted molar refractivity (Wildman–Crippen MR) is 155 cm³/mol. The fourth-order valence-corrected chi connectivity index (χ4v) is 6.80. The summed E-state index contributed by atoms with van der Waals surface area (Å²) in [6.45, 7) is 4.14. The molecule has 1 aliphatic heterocycles. The molecule has 2 aliphatic rings. The molecule has 1 amide bonds. The molecule has 0 aromatic heterocycles. The number of rotatable bonds is 10. The minimum atomic E-state index is -1.11. The van der Waals surface area contributed by atoms with Crippen LogP contribution in [-0.2, 0) is 21.6 Å². The number of nitrogens with zero attached hydrogens (tertiary/aromatic N) is 1. The monoisotopic (exact) mass is 540 g/mol. The number of carbonyl (C=O) groups excluding carboxylic acids is 1. The van der Waals surface area contributed by atoms with E-state index in [9.17, 15) is 9.90 Å². The van der Waals surface area contributed by atoms with Crippen molar-refractivity contribution in [2.75, 3.05) is 26.8 Å². The number of piperidine rings is 1. The maximum Gasteiger partial charge on any atom is 0.225 e. The number of amides is 1. The second-order valence-corrected chi connectivity index (χ2v) is 11.7. The molecule has 2 aromatic rings. The Bertz CT molecular complexity index is 1070. The third-order valence-corrected chi connectivity index (χ3v) is 9.10. The van der Waals surface area contributed by atoms with E-state index in [1.165, 1.54) is 5.56 Å². The first-order valence-electron chi connectivity index (χ1n) is 14.5. The van der Waals surface area contributed by atoms with Crippen LogP contribution in [0, 0.1) is 11.8 Å². The van der Waals surface area contributed by atoms with Gasteiger partial charge in [-0.3, -0.25) is 4.79 Å². The number of methoxy groups -OCH3 is 1. The lowest BCUT2D eigenvalue weighted by molar-refractivity contribution is -0.142. The van der Waals surface area contributed by atoms with Gasteiger partial charge in [-0.05, 0) is 87.0 Å². The molecule has 1 saturated heterocycles. The number of carbonyl (C=O) groups is 1. The van der Waals surface area contributed by atoms with Gasteiger partial charge in [-0.15, -0.1) is 0 Å². The van der Waals surface area contributed by atoms with E-state index in [0.717, 1.165) is 81.0 Å². The molecule has 6 heteroatoms. The molecule has 5 nitrogen and oxygen atoms in total. The SMILES string of the molecule is CCc1cccc(-c2c(Cl)cccc2[C@](O)(CCCCOC)[C@@H]2CCCN(C(=O)[C@H]3CC[C@H](N)CC3)C2)c1. The highest BCUT2D eigenvalue weighted by Gasteiger charge is 2.43. The number of hydrogen-bond acceptors (Lipinski definition) is 4. The van der Waals surface area contributed by atoms with Crippen LogP contribution in [0.1, 0.15) is 75.8 Å². The zero-order valence-corrected chi connectivity index (χ0v) is 23.9. The molecule has 0 bridgehead atoms. The van der Waals surface area contributed by atoms with E-state index < -0.39 is 5.60 Å². The second kappa shape index (κ2) is 13.4. The van der Waals surface area contributed by atoms with Gasteiger partial charge in [0.2, 0.25) is 5.91 Å². The number of hydrogen-bond donors (Lipinski definition) is 2. The molecular formula is C32H45ClN2O3. The highest BCUT2D eigenvalue weighted by molar-refractivity contribution is 6.33. The van der Waals surface area contributed by atoms with E-state index in [1.807, 2.05) is 23.1 Å². The first-order chi connectivity index (χ1) is 18.4. The molecular weight excluding hydrogens is 496 g/mol. The van der Waals surface area contributed by atoms with E-state index in [0.29, 0.717) is 24.6 Å². The summed E-state index contributed by atoms with van der Waals surface area (Å²) in [4.78, 5) is 15.6. The Labute approximate surface area is 233 Å². The molecule has 2 atom stereocenters. The Balaban J connectivity index is 1.68. The molecule has 0 unspecified atom stereocenters. The van der Waals surface area contributed by atoms with Gasteiger partial charge < -0.3 is 20.5 Å². The van der Waals surface area contributed by atoms with Crippen molar-refractivity contribution in [1.82, 2.24) is 4.90 Å². The molecule has 0 radical (unpaired) electrons. The van der Waals surface area contributed by atoms with Gasteiger partial charge in [-0.1, -0.05) is 54.9 Å². The van der Waals surface area contributed by atoms with Gasteiger partial charge in [0.05, 0.1) is 5.60 Å². The van der Waals surface area contributed by atoms with Crippen molar-refractivity contribution in [2.24, 2.45) is 17.6 Å². The lowest BCUT2D eigenvalue weighted by atomic mass is 9.71. The normalized spacial score (nSPS) is 23.7. The van der Waals surface area contributed by atoms with Crippen molar-refractivity contribution in [3.05, 3.63) is 58.6 Å². The quantitative estimate of drug-likeness (QED) is 0.345. The lowest BCUT2D eigenvalue weighted by Crippen LogP contribution is -2.50. The summed E-state index contributed by atoms with van der Waals surface area (Å²) in [7, 11) is 1.71. The van der Waals surface area contributed by atoms with Crippen LogP contribution < -0.4 is 5.73 Å². The van der Waals surface area contributed by atoms with Crippen molar-refractivity contribution < 1.29 is 14.6 Å². The van der Waals surface area contributed by atoms with Gasteiger partial charge in [-0.2, -0.15) is 0 Å². The van der Waals surface area contributed by atoms with Gasteiger partial charge in [0, 0.05) is 55.3 Å². The van der Waals surface area contributed by atoms with Crippen LogP contribution in [0.15, 0.2) is 42.5 Å². The Morgan fingerprint density at radius 3 is 2.63 bits per heavy atom. The average molecular weight is 541 g/mol. The number of halogens is 1. The Hall–Kier alpha value is -1.92. The van der Waals surface area contributed by atoms with Crippen LogP contribution in [0.4, 0.5) is 0 Å². The maximum atomic E-state index is 13.5. The summed E-state index contributed by atoms with van der Waals surface area (Å²) in [5.74, 6) is 0.229. The van der Waals surface area contributed by atoms with Gasteiger partial charge >= 0.3 is 0 Å². The number of ether oxygens (including phenoxy) is 1. The molecule has 1 saturated carbocycles. The van der Waals surface area contributed by atoms with Crippen LogP contribution in [0.2, 0.25) is 5.02 Å². The van der Waals surface area contributed by atoms with E-state index in [4.69, 9.17) is 22.1 Å². The van der Waals surface area contributed by atoms with Crippen LogP contribution in [-0.4, -0.2) is 48.8 Å². The van der Waals surface area contributed by atoms with Crippen LogP contribution in [0.5, 0.6) is 0 Å². The molecule has 1 aliphatic carbocycles. The summed E-state index contributed by atoms with van der Waals surface area (Å²) in [5.41, 5.74) is 9.04. The average Bonchev–Trinajstić information content (AvgIpc) is 2.95. The molecule has 1 heterocycles. The zero-order chi connectivity index (χ0) is 27.1. The van der Waals surface area contributed by atoms with Crippen LogP contribution >= 0.6 is 11.6 Å². The van der Waals surface area contributed by atoms with Crippen molar-refractivity contribution in [2.45, 2.75) is 82.8 Å². The Kier molecular flexibility index (Phi) is 10.3. The minimum Gasteiger partial charge on any atom is -0.385 e. The fourth-order valence-electron chi connectivity index (χ4n) is 6.52. The molecule has 0 spiro atoms. The van der Waals surface area contributed by atoms with E-state index in [-0.39, 0.29) is 23.8 Å². The fraction of sp³-hybridized carbons (Fsp3) is 0.594. The third-order valence-electron chi connectivity index (χ3n) is 8.79. The van der Waals surface area contributed by atoms with Gasteiger partial charge in [-0.25, -0.2) is 0 Å². The topological polar surface area (TPSA) is 75.8 Å². The Morgan fingerprint density at radius 2 is 1.89 bits per heavy atom. The number of likely N-dealkylation sites (tertiary alicyclic amines) is 1. The van der Waals surface area contributed by atoms with Crippen molar-refractivity contribution in [3.63, 3.8) is 0 Å². The van der Waals surface area contributed by atoms with E-state index in [2.05, 4.69) is 31.2 Å². The highest BCUT2D eigenvalue weighted by atomic mass is 35.5. The molecule has 208 valence electrons. The highest BCUT2D eigenvalue weighted by Crippen LogP contribution is 2.46. The molecule has 4 rings (SSSR count). The number of benzene rings is 2. The van der Waals surface area contributed by atoms with Gasteiger partial charge in [0.15, 0.2) is 0 Å². The summed E-state index contributed by atoms with van der Waals surface area (Å²) in [6, 6.07) is 14.6. The number of nitrogens with two attached hydrogens (primary N) is 1. The predicted octanol–water partition coefficient (Wildman–Crippen LogP) is 6.33. The van der Waals surface area contributed by atoms with Crippen molar-refractivity contribution in [3.8, 4) is 11.1 Å². The largest absolute Gasteiger partial charge is 0.385 e. The summed E-state index contributed by atoms with van der Waals surface area (Å²) >= 11 is 6.87. The van der Waals surface area contributed by atoms with Crippen LogP contribution in [0.25, 0.3) is 11.1 Å². The zero-order valence-electron chi connectivity index (χ0n) is 23.1. The summed E-state index contributed by atoms with van der Waals surface area (Å²) in [6.07, 6.45) is 8.57. The molecule has 2 fully saturated rings. The van der Waals surface area contributed by atoms with Gasteiger partial charge in [0.1, 0.15) is 0 Å². The van der Waals surface area contributed by atoms with E-state index >= 15 is 0 Å². The van der Waals surface area contributed by atoms with Crippen molar-refractivity contribution in [1.29, 1.82) is 0 Å². The molecule has 2 aromatic carbocycles. The smallest absolute Gasteiger partial charge is 0.225 e. The maximum absolute atomic E-state index is 13.5. The number of aryl methyl sites for hydroxylation is 1. The number of aliphatic hydroxyl groups is 1. The summed E-state index contributed by atoms with van der Waals surface area (Å²) in [5, 5.41) is 13.3. The summed E-state index contributed by atoms with van der Waals surface area (Å²) < 4.78 is 5.30. The second-order valence-electron chi connectivity index (χ2n) is 11.3. The molecule has 38 heavy (non-hydrogen) atoms. The van der Waals surface area contributed by atoms with Gasteiger partial charge in [0.25, 0.3) is 0 Å². The lowest BCUT2D eigenvalue weighted by Gasteiger charge is -2.44.